The number of benzene rings is 2. The molecule has 0 aliphatic carbocycles. The van der Waals surface area contributed by atoms with Gasteiger partial charge in [0, 0.05) is 29.8 Å². The Morgan fingerprint density at radius 3 is 2.55 bits per heavy atom. The molecule has 4 rings (SSSR count). The van der Waals surface area contributed by atoms with E-state index in [1.54, 1.807) is 32.4 Å². The van der Waals surface area contributed by atoms with Crippen LogP contribution in [0.4, 0.5) is 4.39 Å². The maximum atomic E-state index is 13.7. The molecule has 2 aromatic carbocycles. The molecule has 0 atom stereocenters. The highest BCUT2D eigenvalue weighted by Gasteiger charge is 2.16. The summed E-state index contributed by atoms with van der Waals surface area (Å²) in [6.07, 6.45) is 3.47. The molecular weight excluding hydrogens is 391 g/mol. The summed E-state index contributed by atoms with van der Waals surface area (Å²) in [5.41, 5.74) is 5.65. The summed E-state index contributed by atoms with van der Waals surface area (Å²) in [6.45, 7) is 3.83. The third-order valence-electron chi connectivity index (χ3n) is 5.25. The first kappa shape index (κ1) is 20.4. The molecule has 1 amide bonds. The van der Waals surface area contributed by atoms with Crippen LogP contribution in [0.1, 0.15) is 21.5 Å². The van der Waals surface area contributed by atoms with Crippen molar-refractivity contribution in [2.45, 2.75) is 13.8 Å². The van der Waals surface area contributed by atoms with Gasteiger partial charge in [0.25, 0.3) is 5.91 Å². The quantitative estimate of drug-likeness (QED) is 0.411. The number of fused-ring (bicyclic) bond motifs is 1. The number of aromatic amines is 1. The molecule has 0 fully saturated rings. The molecule has 0 bridgehead atoms. The fraction of sp³-hybridized carbons (Fsp3) is 0.115. The zero-order chi connectivity index (χ0) is 22.0. The van der Waals surface area contributed by atoms with Gasteiger partial charge in [0.15, 0.2) is 0 Å². The molecule has 5 heteroatoms. The van der Waals surface area contributed by atoms with E-state index < -0.39 is 0 Å². The molecule has 2 heterocycles. The minimum absolute atomic E-state index is 0.294. The summed E-state index contributed by atoms with van der Waals surface area (Å²) >= 11 is 0. The molecule has 156 valence electrons. The maximum absolute atomic E-state index is 13.7. The summed E-state index contributed by atoms with van der Waals surface area (Å²) in [6, 6.07) is 18.2. The summed E-state index contributed by atoms with van der Waals surface area (Å²) in [5.74, 6) is -0.266. The van der Waals surface area contributed by atoms with Crippen LogP contribution in [-0.4, -0.2) is 17.9 Å². The molecule has 0 spiro atoms. The van der Waals surface area contributed by atoms with E-state index in [2.05, 4.69) is 16.4 Å². The number of hydrogen-bond acceptors (Lipinski definition) is 2. The van der Waals surface area contributed by atoms with E-state index in [4.69, 9.17) is 4.42 Å². The molecule has 4 nitrogen and oxygen atoms in total. The van der Waals surface area contributed by atoms with E-state index in [1.165, 1.54) is 12.1 Å². The van der Waals surface area contributed by atoms with E-state index in [1.807, 2.05) is 43.5 Å². The monoisotopic (exact) mass is 414 g/mol. The van der Waals surface area contributed by atoms with Gasteiger partial charge in [-0.2, -0.15) is 0 Å². The number of amides is 1. The Balaban J connectivity index is 2.10. The van der Waals surface area contributed by atoms with Gasteiger partial charge in [-0.15, -0.1) is 0 Å². The number of H-pyrrole nitrogens is 1. The van der Waals surface area contributed by atoms with E-state index >= 15 is 0 Å². The number of carbonyl (C=O) groups excluding carboxylic acids is 1. The summed E-state index contributed by atoms with van der Waals surface area (Å²) in [4.78, 5) is 16.1. The van der Waals surface area contributed by atoms with Crippen LogP contribution in [-0.2, 0) is 0 Å². The molecule has 0 aliphatic heterocycles. The van der Waals surface area contributed by atoms with Crippen LogP contribution in [0.5, 0.6) is 0 Å². The topological polar surface area (TPSA) is 58.0 Å². The fourth-order valence-electron chi connectivity index (χ4n) is 3.68. The first-order chi connectivity index (χ1) is 15.0. The van der Waals surface area contributed by atoms with Gasteiger partial charge in [0.1, 0.15) is 17.8 Å². The zero-order valence-corrected chi connectivity index (χ0v) is 17.6. The molecule has 0 saturated heterocycles. The van der Waals surface area contributed by atoms with Crippen LogP contribution in [0.15, 0.2) is 77.5 Å². The highest BCUT2D eigenvalue weighted by molar-refractivity contribution is 6.00. The third kappa shape index (κ3) is 4.08. The predicted octanol–water partition coefficient (Wildman–Crippen LogP) is 6.33. The Kier molecular flexibility index (Phi) is 5.58. The molecule has 2 aromatic heterocycles. The third-order valence-corrected chi connectivity index (χ3v) is 5.25. The van der Waals surface area contributed by atoms with Crippen molar-refractivity contribution in [2.75, 3.05) is 7.05 Å². The van der Waals surface area contributed by atoms with Crippen LogP contribution in [0.3, 0.4) is 0 Å². The Labute approximate surface area is 180 Å². The highest BCUT2D eigenvalue weighted by Crippen LogP contribution is 2.31. The Hall–Kier alpha value is -3.86. The van der Waals surface area contributed by atoms with Gasteiger partial charge < -0.3 is 14.7 Å². The van der Waals surface area contributed by atoms with Crippen molar-refractivity contribution in [3.05, 3.63) is 95.6 Å². The predicted molar refractivity (Wildman–Crippen MR) is 122 cm³/mol. The molecule has 0 radical (unpaired) electrons. The van der Waals surface area contributed by atoms with Crippen molar-refractivity contribution in [3.63, 3.8) is 0 Å². The van der Waals surface area contributed by atoms with E-state index in [0.717, 1.165) is 27.6 Å². The molecule has 4 aromatic rings. The number of halogens is 1. The summed E-state index contributed by atoms with van der Waals surface area (Å²) < 4.78 is 19.8. The Morgan fingerprint density at radius 2 is 1.81 bits per heavy atom. The van der Waals surface area contributed by atoms with Crippen molar-refractivity contribution in [1.82, 2.24) is 10.3 Å². The Morgan fingerprint density at radius 1 is 1.00 bits per heavy atom. The Bertz CT molecular complexity index is 1330. The van der Waals surface area contributed by atoms with Gasteiger partial charge in [0.05, 0.1) is 11.1 Å². The van der Waals surface area contributed by atoms with Crippen molar-refractivity contribution < 1.29 is 13.6 Å². The summed E-state index contributed by atoms with van der Waals surface area (Å²) in [5, 5.41) is 3.52. The van der Waals surface area contributed by atoms with E-state index in [9.17, 15) is 9.18 Å². The minimum atomic E-state index is -0.339. The lowest BCUT2D eigenvalue weighted by Crippen LogP contribution is -2.18. The van der Waals surface area contributed by atoms with Crippen LogP contribution in [0.2, 0.25) is 0 Å². The van der Waals surface area contributed by atoms with Gasteiger partial charge >= 0.3 is 0 Å². The number of hydrogen-bond donors (Lipinski definition) is 2. The van der Waals surface area contributed by atoms with Gasteiger partial charge in [-0.25, -0.2) is 4.39 Å². The van der Waals surface area contributed by atoms with Crippen molar-refractivity contribution in [2.24, 2.45) is 0 Å². The summed E-state index contributed by atoms with van der Waals surface area (Å²) in [7, 11) is 1.57. The number of nitrogens with one attached hydrogen (secondary N) is 2. The fourth-order valence-corrected chi connectivity index (χ4v) is 3.68. The number of aryl methyl sites for hydroxylation is 2. The molecular formula is C26H23FN2O2. The van der Waals surface area contributed by atoms with Crippen molar-refractivity contribution in [1.29, 1.82) is 0 Å². The maximum Gasteiger partial charge on any atom is 0.254 e. The molecule has 0 unspecified atom stereocenters. The van der Waals surface area contributed by atoms with Gasteiger partial charge in [-0.05, 0) is 55.3 Å². The average Bonchev–Trinajstić information content (AvgIpc) is 3.22. The average molecular weight is 414 g/mol. The lowest BCUT2D eigenvalue weighted by atomic mass is 10.0. The van der Waals surface area contributed by atoms with Crippen molar-refractivity contribution >= 4 is 16.8 Å². The minimum Gasteiger partial charge on any atom is -0.463 e. The van der Waals surface area contributed by atoms with Gasteiger partial charge in [0.2, 0.25) is 0 Å². The largest absolute Gasteiger partial charge is 0.463 e. The van der Waals surface area contributed by atoms with E-state index in [-0.39, 0.29) is 11.7 Å². The van der Waals surface area contributed by atoms with Crippen LogP contribution >= 0.6 is 0 Å². The highest BCUT2D eigenvalue weighted by atomic mass is 19.1. The normalized spacial score (nSPS) is 10.7. The van der Waals surface area contributed by atoms with Crippen molar-refractivity contribution in [3.8, 4) is 22.5 Å². The SMILES string of the molecule is CNC(=O)c1ccc(-c2cccc(C)c2)c2[nH]ccc2coc1-c1ccc(F)cc1C. The first-order valence-electron chi connectivity index (χ1n) is 10.0. The molecule has 31 heavy (non-hydrogen) atoms. The first-order valence-corrected chi connectivity index (χ1v) is 10.0. The van der Waals surface area contributed by atoms with E-state index in [0.29, 0.717) is 22.5 Å². The van der Waals surface area contributed by atoms with Gasteiger partial charge in [-0.1, -0.05) is 35.9 Å². The zero-order valence-electron chi connectivity index (χ0n) is 17.6. The second kappa shape index (κ2) is 8.48. The van der Waals surface area contributed by atoms with Crippen LogP contribution in [0.25, 0.3) is 33.4 Å². The number of carbonyl (C=O) groups is 1. The second-order valence-electron chi connectivity index (χ2n) is 7.44. The molecule has 0 aliphatic rings. The lowest BCUT2D eigenvalue weighted by molar-refractivity contribution is 0.0962. The number of aromatic nitrogens is 1. The standard InChI is InChI=1S/C26H23FN2O2/c1-16-5-4-6-18(13-16)22-9-10-23(26(30)28-3)25(21-8-7-20(27)14-17(21)2)31-15-19-11-12-29-24(19)22/h4-15,29H,1-3H3,(H,28,30). The lowest BCUT2D eigenvalue weighted by Gasteiger charge is -2.08. The van der Waals surface area contributed by atoms with Gasteiger partial charge in [-0.3, -0.25) is 4.79 Å². The second-order valence-corrected chi connectivity index (χ2v) is 7.44. The number of rotatable bonds is 3. The molecule has 0 saturated carbocycles. The molecule has 2 N–H and O–H groups in total. The smallest absolute Gasteiger partial charge is 0.254 e. The van der Waals surface area contributed by atoms with Crippen LogP contribution in [0, 0.1) is 19.7 Å². The van der Waals surface area contributed by atoms with Crippen LogP contribution < -0.4 is 5.32 Å².